The van der Waals surface area contributed by atoms with E-state index in [9.17, 15) is 18.4 Å². The molecule has 52 heavy (non-hydrogen) atoms. The molecule has 4 heterocycles. The quantitative estimate of drug-likeness (QED) is 0.0808. The van der Waals surface area contributed by atoms with Crippen molar-refractivity contribution in [2.45, 2.75) is 71.6 Å². The zero-order valence-electron chi connectivity index (χ0n) is 30.8. The Morgan fingerprint density at radius 1 is 0.827 bits per heavy atom. The maximum absolute atomic E-state index is 14.2. The summed E-state index contributed by atoms with van der Waals surface area (Å²) in [6.45, 7) is 10.3. The van der Waals surface area contributed by atoms with Crippen LogP contribution in [-0.2, 0) is 0 Å². The molecule has 8 nitrogen and oxygen atoms in total. The first kappa shape index (κ1) is 37.3. The summed E-state index contributed by atoms with van der Waals surface area (Å²) in [5, 5.41) is 0.294. The first-order valence-electron chi connectivity index (χ1n) is 19.0. The second-order valence-electron chi connectivity index (χ2n) is 14.4. The van der Waals surface area contributed by atoms with E-state index >= 15 is 0 Å². The second-order valence-corrected chi connectivity index (χ2v) is 14.4. The van der Waals surface area contributed by atoms with Crippen LogP contribution in [0.1, 0.15) is 82.0 Å². The van der Waals surface area contributed by atoms with Crippen molar-refractivity contribution in [3.05, 3.63) is 88.2 Å². The Morgan fingerprint density at radius 3 is 2.19 bits per heavy atom. The van der Waals surface area contributed by atoms with E-state index < -0.39 is 23.0 Å². The molecule has 0 spiro atoms. The first-order chi connectivity index (χ1) is 25.2. The molecule has 4 aromatic rings. The minimum atomic E-state index is -0.818. The van der Waals surface area contributed by atoms with E-state index in [1.165, 1.54) is 80.3 Å². The van der Waals surface area contributed by atoms with Gasteiger partial charge in [-0.15, -0.1) is 0 Å². The zero-order chi connectivity index (χ0) is 36.7. The number of unbranched alkanes of at least 4 members (excludes halogenated alkanes) is 4. The van der Waals surface area contributed by atoms with Crippen LogP contribution in [0.4, 0.5) is 14.5 Å². The average molecular weight is 717 g/mol. The lowest BCUT2D eigenvalue weighted by molar-refractivity contribution is -0.942. The van der Waals surface area contributed by atoms with E-state index in [0.29, 0.717) is 47.1 Å². The van der Waals surface area contributed by atoms with Gasteiger partial charge in [-0.2, -0.15) is 0 Å². The second kappa shape index (κ2) is 16.9. The molecule has 0 saturated carbocycles. The third-order valence-electron chi connectivity index (χ3n) is 10.9. The van der Waals surface area contributed by atoms with Crippen molar-refractivity contribution < 1.29 is 32.3 Å². The lowest BCUT2D eigenvalue weighted by atomic mass is 9.85. The molecule has 1 aromatic heterocycles. The Balaban J connectivity index is 1.23. The third kappa shape index (κ3) is 8.60. The molecule has 10 heteroatoms. The van der Waals surface area contributed by atoms with Crippen molar-refractivity contribution in [3.63, 3.8) is 0 Å². The highest BCUT2D eigenvalue weighted by Crippen LogP contribution is 2.34. The van der Waals surface area contributed by atoms with Gasteiger partial charge in [0.05, 0.1) is 57.7 Å². The molecule has 3 aromatic carbocycles. The Kier molecular flexibility index (Phi) is 12.1. The molecule has 3 aliphatic heterocycles. The van der Waals surface area contributed by atoms with Gasteiger partial charge in [0.15, 0.2) is 0 Å². The molecule has 1 amide bonds. The number of methoxy groups -OCH3 is 1. The number of piperidine rings is 3. The number of nitrogens with zero attached hydrogens (tertiary/aromatic N) is 3. The largest absolute Gasteiger partial charge is 0.497 e. The predicted octanol–water partition coefficient (Wildman–Crippen LogP) is 8.69. The number of carbonyl (C=O) groups is 1. The molecule has 0 atom stereocenters. The summed E-state index contributed by atoms with van der Waals surface area (Å²) >= 11 is 0. The molecular weight excluding hydrogens is 664 g/mol. The van der Waals surface area contributed by atoms with Crippen LogP contribution < -0.4 is 24.5 Å². The normalized spacial score (nSPS) is 18.1. The topological polar surface area (TPSA) is 70.0 Å². The smallest absolute Gasteiger partial charge is 0.263 e. The summed E-state index contributed by atoms with van der Waals surface area (Å²) in [7, 11) is 1.56. The van der Waals surface area contributed by atoms with Gasteiger partial charge in [-0.25, -0.2) is 8.78 Å². The summed E-state index contributed by atoms with van der Waals surface area (Å²) in [5.74, 6) is 0.393. The molecule has 7 rings (SSSR count). The van der Waals surface area contributed by atoms with E-state index in [4.69, 9.17) is 14.2 Å². The van der Waals surface area contributed by atoms with Crippen LogP contribution in [0.2, 0.25) is 0 Å². The molecular formula is C42H52F2N3O5+. The number of carbonyl (C=O) groups excluding carboxylic acids is 1. The number of rotatable bonds is 17. The monoisotopic (exact) mass is 716 g/mol. The lowest BCUT2D eigenvalue weighted by Crippen LogP contribution is -2.58. The third-order valence-corrected chi connectivity index (χ3v) is 10.9. The molecule has 0 radical (unpaired) electrons. The Morgan fingerprint density at radius 2 is 1.50 bits per heavy atom. The number of hydrogen-bond donors (Lipinski definition) is 0. The van der Waals surface area contributed by atoms with E-state index in [0.717, 1.165) is 43.4 Å². The van der Waals surface area contributed by atoms with Crippen molar-refractivity contribution in [2.75, 3.05) is 57.9 Å². The fraction of sp³-hybridized carbons (Fsp3) is 0.476. The van der Waals surface area contributed by atoms with Crippen molar-refractivity contribution in [1.29, 1.82) is 0 Å². The van der Waals surface area contributed by atoms with Gasteiger partial charge in [0.1, 0.15) is 34.4 Å². The summed E-state index contributed by atoms with van der Waals surface area (Å²) in [6.07, 6.45) is 12.3. The van der Waals surface area contributed by atoms with Gasteiger partial charge in [-0.1, -0.05) is 19.8 Å². The molecule has 3 fully saturated rings. The van der Waals surface area contributed by atoms with E-state index in [2.05, 4.69) is 0 Å². The Labute approximate surface area is 305 Å². The molecule has 2 bridgehead atoms. The average Bonchev–Trinajstić information content (AvgIpc) is 3.15. The van der Waals surface area contributed by atoms with Crippen LogP contribution in [0.3, 0.4) is 0 Å². The van der Waals surface area contributed by atoms with Gasteiger partial charge in [0.25, 0.3) is 5.91 Å². The summed E-state index contributed by atoms with van der Waals surface area (Å²) in [5.41, 5.74) is 0.499. The number of halogens is 2. The fourth-order valence-corrected chi connectivity index (χ4v) is 7.90. The van der Waals surface area contributed by atoms with Crippen LogP contribution in [0, 0.1) is 17.6 Å². The van der Waals surface area contributed by atoms with Gasteiger partial charge in [0, 0.05) is 54.1 Å². The van der Waals surface area contributed by atoms with Crippen molar-refractivity contribution in [3.8, 4) is 22.9 Å². The van der Waals surface area contributed by atoms with Gasteiger partial charge in [-0.3, -0.25) is 9.59 Å². The van der Waals surface area contributed by atoms with E-state index in [1.54, 1.807) is 42.9 Å². The minimum absolute atomic E-state index is 0.0199. The molecule has 0 N–H and O–H groups in total. The molecule has 0 aliphatic carbocycles. The fourth-order valence-electron chi connectivity index (χ4n) is 7.90. The summed E-state index contributed by atoms with van der Waals surface area (Å²) in [6, 6.07) is 13.5. The van der Waals surface area contributed by atoms with Crippen LogP contribution in [-0.4, -0.2) is 68.0 Å². The van der Waals surface area contributed by atoms with Crippen molar-refractivity contribution in [1.82, 2.24) is 4.57 Å². The van der Waals surface area contributed by atoms with Crippen LogP contribution >= 0.6 is 0 Å². The number of benzene rings is 3. The number of aromatic nitrogens is 1. The molecule has 0 unspecified atom stereocenters. The lowest BCUT2D eigenvalue weighted by Gasteiger charge is -2.49. The molecule has 278 valence electrons. The van der Waals surface area contributed by atoms with Crippen LogP contribution in [0.25, 0.3) is 16.6 Å². The maximum Gasteiger partial charge on any atom is 0.263 e. The highest BCUT2D eigenvalue weighted by molar-refractivity contribution is 6.07. The number of quaternary nitrogens is 1. The van der Waals surface area contributed by atoms with E-state index in [1.807, 2.05) is 19.1 Å². The number of pyridine rings is 1. The highest BCUT2D eigenvalue weighted by Gasteiger charge is 2.38. The SMILES string of the molecule is CCCOc1cc(OC)cc(-n2cc(C(=O)N(CC)c3cc(F)cc(F)c3)c(=O)c3ccc(OCCCCCCC[N+]45CCC(CC4)CC5)cc32)c1. The zero-order valence-corrected chi connectivity index (χ0v) is 30.8. The van der Waals surface area contributed by atoms with E-state index in [-0.39, 0.29) is 17.8 Å². The predicted molar refractivity (Wildman–Crippen MR) is 201 cm³/mol. The van der Waals surface area contributed by atoms with Gasteiger partial charge >= 0.3 is 0 Å². The Hall–Kier alpha value is -4.44. The van der Waals surface area contributed by atoms with Gasteiger partial charge in [-0.05, 0) is 82.1 Å². The van der Waals surface area contributed by atoms with Crippen molar-refractivity contribution in [2.24, 2.45) is 5.92 Å². The number of anilines is 1. The Bertz CT molecular complexity index is 1890. The summed E-state index contributed by atoms with van der Waals surface area (Å²) < 4.78 is 49.2. The first-order valence-corrected chi connectivity index (χ1v) is 19.0. The maximum atomic E-state index is 14.2. The van der Waals surface area contributed by atoms with Crippen LogP contribution in [0.5, 0.6) is 17.2 Å². The van der Waals surface area contributed by atoms with Gasteiger partial charge in [0.2, 0.25) is 5.43 Å². The van der Waals surface area contributed by atoms with Crippen molar-refractivity contribution >= 4 is 22.5 Å². The number of amides is 1. The van der Waals surface area contributed by atoms with Gasteiger partial charge < -0.3 is 28.2 Å². The number of hydrogen-bond acceptors (Lipinski definition) is 5. The minimum Gasteiger partial charge on any atom is -0.497 e. The highest BCUT2D eigenvalue weighted by atomic mass is 19.1. The molecule has 3 saturated heterocycles. The number of ether oxygens (including phenoxy) is 3. The summed E-state index contributed by atoms with van der Waals surface area (Å²) in [4.78, 5) is 29.2. The van der Waals surface area contributed by atoms with Crippen LogP contribution in [0.15, 0.2) is 65.6 Å². The standard InChI is InChI=1S/C42H52F2N3O5/c1-4-20-51-37-26-34(25-36(27-37)50-3)46-29-39(42(49)45(5-2)33-23-31(43)22-32(44)24-33)41(48)38-12-11-35(28-40(38)46)52-21-10-8-6-7-9-16-47-17-13-30(14-18-47)15-19-47/h11-12,22-30H,4-10,13-21H2,1-3H3/q+1. The molecule has 3 aliphatic rings. The number of fused-ring (bicyclic) bond motifs is 4.